The highest BCUT2D eigenvalue weighted by molar-refractivity contribution is 7.18. The Labute approximate surface area is 166 Å². The van der Waals surface area contributed by atoms with E-state index < -0.39 is 0 Å². The molecule has 28 heavy (non-hydrogen) atoms. The Bertz CT molecular complexity index is 1040. The van der Waals surface area contributed by atoms with Crippen molar-refractivity contribution in [1.29, 1.82) is 0 Å². The molecule has 0 aliphatic carbocycles. The number of hydrogen-bond acceptors (Lipinski definition) is 7. The molecule has 0 atom stereocenters. The van der Waals surface area contributed by atoms with E-state index in [-0.39, 0.29) is 12.7 Å². The van der Waals surface area contributed by atoms with Crippen LogP contribution in [0.25, 0.3) is 10.2 Å². The SMILES string of the molecule is CCc1cc2c(N3CCN(C(=O)c4ccc5c(c4)OCO5)CC3)ncnc2s1. The fourth-order valence-corrected chi connectivity index (χ4v) is 4.58. The molecule has 0 bridgehead atoms. The van der Waals surface area contributed by atoms with E-state index in [0.29, 0.717) is 30.2 Å². The predicted molar refractivity (Wildman–Crippen MR) is 107 cm³/mol. The lowest BCUT2D eigenvalue weighted by molar-refractivity contribution is 0.0746. The monoisotopic (exact) mass is 396 g/mol. The minimum atomic E-state index is 0.0228. The molecular formula is C20H20N4O3S. The third-order valence-corrected chi connectivity index (χ3v) is 6.38. The van der Waals surface area contributed by atoms with Crippen LogP contribution in [0, 0.1) is 0 Å². The summed E-state index contributed by atoms with van der Waals surface area (Å²) in [6, 6.07) is 7.56. The molecule has 0 saturated carbocycles. The summed E-state index contributed by atoms with van der Waals surface area (Å²) in [6.45, 7) is 5.17. The normalized spacial score (nSPS) is 16.0. The van der Waals surface area contributed by atoms with Gasteiger partial charge in [-0.05, 0) is 30.7 Å². The quantitative estimate of drug-likeness (QED) is 0.678. The lowest BCUT2D eigenvalue weighted by Crippen LogP contribution is -2.49. The number of carbonyl (C=O) groups excluding carboxylic acids is 1. The van der Waals surface area contributed by atoms with Gasteiger partial charge in [0, 0.05) is 36.6 Å². The number of aromatic nitrogens is 2. The van der Waals surface area contributed by atoms with Gasteiger partial charge in [0.25, 0.3) is 5.91 Å². The Hall–Kier alpha value is -2.87. The first kappa shape index (κ1) is 17.2. The van der Waals surface area contributed by atoms with E-state index in [1.165, 1.54) is 4.88 Å². The van der Waals surface area contributed by atoms with Gasteiger partial charge in [-0.3, -0.25) is 4.79 Å². The summed E-state index contributed by atoms with van der Waals surface area (Å²) in [5.41, 5.74) is 0.632. The van der Waals surface area contributed by atoms with Crippen molar-refractivity contribution in [3.8, 4) is 11.5 Å². The topological polar surface area (TPSA) is 67.8 Å². The van der Waals surface area contributed by atoms with Crippen molar-refractivity contribution >= 4 is 33.3 Å². The maximum atomic E-state index is 12.9. The number of rotatable bonds is 3. The second kappa shape index (κ2) is 6.94. The standard InChI is InChI=1S/C20H20N4O3S/c1-2-14-10-15-18(21-11-22-19(15)28-14)23-5-7-24(8-6-23)20(25)13-3-4-16-17(9-13)27-12-26-16/h3-4,9-11H,2,5-8,12H2,1H3. The van der Waals surface area contributed by atoms with Crippen LogP contribution in [0.15, 0.2) is 30.6 Å². The Kier molecular flexibility index (Phi) is 4.27. The lowest BCUT2D eigenvalue weighted by atomic mass is 10.1. The minimum absolute atomic E-state index is 0.0228. The first-order chi connectivity index (χ1) is 13.7. The van der Waals surface area contributed by atoms with Crippen molar-refractivity contribution in [2.24, 2.45) is 0 Å². The number of amides is 1. The molecule has 7 nitrogen and oxygen atoms in total. The number of benzene rings is 1. The number of nitrogens with zero attached hydrogens (tertiary/aromatic N) is 4. The number of thiophene rings is 1. The van der Waals surface area contributed by atoms with E-state index in [1.807, 2.05) is 4.90 Å². The van der Waals surface area contributed by atoms with Gasteiger partial charge < -0.3 is 19.3 Å². The summed E-state index contributed by atoms with van der Waals surface area (Å²) < 4.78 is 10.7. The third-order valence-electron chi connectivity index (χ3n) is 5.19. The molecule has 8 heteroatoms. The van der Waals surface area contributed by atoms with E-state index in [2.05, 4.69) is 27.9 Å². The smallest absolute Gasteiger partial charge is 0.254 e. The van der Waals surface area contributed by atoms with E-state index in [1.54, 1.807) is 35.9 Å². The van der Waals surface area contributed by atoms with Crippen LogP contribution >= 0.6 is 11.3 Å². The molecule has 0 N–H and O–H groups in total. The highest BCUT2D eigenvalue weighted by Crippen LogP contribution is 2.33. The van der Waals surface area contributed by atoms with Gasteiger partial charge in [-0.25, -0.2) is 9.97 Å². The summed E-state index contributed by atoms with van der Waals surface area (Å²) >= 11 is 1.72. The molecule has 4 heterocycles. The largest absolute Gasteiger partial charge is 0.454 e. The highest BCUT2D eigenvalue weighted by Gasteiger charge is 2.25. The van der Waals surface area contributed by atoms with Crippen molar-refractivity contribution < 1.29 is 14.3 Å². The molecule has 2 aliphatic rings. The van der Waals surface area contributed by atoms with Gasteiger partial charge >= 0.3 is 0 Å². The lowest BCUT2D eigenvalue weighted by Gasteiger charge is -2.35. The van der Waals surface area contributed by atoms with E-state index in [9.17, 15) is 4.79 Å². The summed E-state index contributed by atoms with van der Waals surface area (Å²) in [5, 5.41) is 1.11. The number of hydrogen-bond donors (Lipinski definition) is 0. The van der Waals surface area contributed by atoms with Gasteiger partial charge in [-0.1, -0.05) is 6.92 Å². The number of piperazine rings is 1. The molecule has 1 aromatic carbocycles. The van der Waals surface area contributed by atoms with Gasteiger partial charge in [-0.2, -0.15) is 0 Å². The summed E-state index contributed by atoms with van der Waals surface area (Å²) in [5.74, 6) is 2.32. The Morgan fingerprint density at radius 1 is 1.11 bits per heavy atom. The van der Waals surface area contributed by atoms with Crippen molar-refractivity contribution in [2.75, 3.05) is 37.9 Å². The van der Waals surface area contributed by atoms with Crippen LogP contribution in [-0.4, -0.2) is 53.7 Å². The van der Waals surface area contributed by atoms with Crippen molar-refractivity contribution in [1.82, 2.24) is 14.9 Å². The molecule has 1 amide bonds. The third kappa shape index (κ3) is 2.93. The van der Waals surface area contributed by atoms with Crippen LogP contribution in [0.3, 0.4) is 0 Å². The molecule has 144 valence electrons. The first-order valence-corrected chi connectivity index (χ1v) is 10.2. The van der Waals surface area contributed by atoms with Gasteiger partial charge in [0.1, 0.15) is 17.0 Å². The zero-order valence-corrected chi connectivity index (χ0v) is 16.4. The van der Waals surface area contributed by atoms with Crippen molar-refractivity contribution in [2.45, 2.75) is 13.3 Å². The number of fused-ring (bicyclic) bond motifs is 2. The maximum absolute atomic E-state index is 12.9. The zero-order chi connectivity index (χ0) is 19.1. The van der Waals surface area contributed by atoms with Crippen molar-refractivity contribution in [3.63, 3.8) is 0 Å². The van der Waals surface area contributed by atoms with E-state index >= 15 is 0 Å². The number of carbonyl (C=O) groups is 1. The van der Waals surface area contributed by atoms with Crippen LogP contribution in [0.1, 0.15) is 22.2 Å². The van der Waals surface area contributed by atoms with Crippen molar-refractivity contribution in [3.05, 3.63) is 41.0 Å². The van der Waals surface area contributed by atoms with Gasteiger partial charge in [0.15, 0.2) is 11.5 Å². The summed E-state index contributed by atoms with van der Waals surface area (Å²) in [7, 11) is 0. The fourth-order valence-electron chi connectivity index (χ4n) is 3.65. The van der Waals surface area contributed by atoms with E-state index in [0.717, 1.165) is 35.5 Å². The Balaban J connectivity index is 1.31. The predicted octanol–water partition coefficient (Wildman–Crippen LogP) is 2.94. The average molecular weight is 396 g/mol. The number of anilines is 1. The molecule has 3 aromatic rings. The molecule has 5 rings (SSSR count). The zero-order valence-electron chi connectivity index (χ0n) is 15.6. The molecular weight excluding hydrogens is 376 g/mol. The molecule has 1 saturated heterocycles. The van der Waals surface area contributed by atoms with Gasteiger partial charge in [0.2, 0.25) is 6.79 Å². The van der Waals surface area contributed by atoms with Gasteiger partial charge in [-0.15, -0.1) is 11.3 Å². The second-order valence-corrected chi connectivity index (χ2v) is 7.94. The second-order valence-electron chi connectivity index (χ2n) is 6.83. The number of ether oxygens (including phenoxy) is 2. The molecule has 2 aromatic heterocycles. The minimum Gasteiger partial charge on any atom is -0.454 e. The maximum Gasteiger partial charge on any atom is 0.254 e. The summed E-state index contributed by atoms with van der Waals surface area (Å²) in [6.07, 6.45) is 2.63. The fraction of sp³-hybridized carbons (Fsp3) is 0.350. The van der Waals surface area contributed by atoms with Crippen LogP contribution in [-0.2, 0) is 6.42 Å². The molecule has 0 spiro atoms. The molecule has 1 fully saturated rings. The average Bonchev–Trinajstić information content (AvgIpc) is 3.39. The van der Waals surface area contributed by atoms with Crippen LogP contribution < -0.4 is 14.4 Å². The first-order valence-electron chi connectivity index (χ1n) is 9.40. The van der Waals surface area contributed by atoms with Gasteiger partial charge in [0.05, 0.1) is 5.39 Å². The highest BCUT2D eigenvalue weighted by atomic mass is 32.1. The van der Waals surface area contributed by atoms with Crippen LogP contribution in [0.2, 0.25) is 0 Å². The summed E-state index contributed by atoms with van der Waals surface area (Å²) in [4.78, 5) is 28.3. The van der Waals surface area contributed by atoms with Crippen LogP contribution in [0.5, 0.6) is 11.5 Å². The van der Waals surface area contributed by atoms with Crippen LogP contribution in [0.4, 0.5) is 5.82 Å². The molecule has 2 aliphatic heterocycles. The molecule has 0 radical (unpaired) electrons. The Morgan fingerprint density at radius 2 is 1.93 bits per heavy atom. The Morgan fingerprint density at radius 3 is 2.75 bits per heavy atom. The van der Waals surface area contributed by atoms with E-state index in [4.69, 9.17) is 9.47 Å². The molecule has 0 unspecified atom stereocenters. The number of aryl methyl sites for hydroxylation is 1.